The summed E-state index contributed by atoms with van der Waals surface area (Å²) in [4.78, 5) is 9.13. The fraction of sp³-hybridized carbons (Fsp3) is 0.190. The van der Waals surface area contributed by atoms with Crippen LogP contribution < -0.4 is 9.47 Å². The average Bonchev–Trinajstić information content (AvgIpc) is 3.05. The van der Waals surface area contributed by atoms with Crippen molar-refractivity contribution in [1.29, 1.82) is 0 Å². The molecule has 0 unspecified atom stereocenters. The van der Waals surface area contributed by atoms with E-state index >= 15 is 0 Å². The van der Waals surface area contributed by atoms with Crippen molar-refractivity contribution in [2.75, 3.05) is 0 Å². The molecule has 6 rings (SSSR count). The van der Waals surface area contributed by atoms with E-state index in [0.29, 0.717) is 11.8 Å². The molecule has 0 spiro atoms. The van der Waals surface area contributed by atoms with Crippen molar-refractivity contribution in [3.8, 4) is 56.6 Å². The smallest absolute Gasteiger partial charge is 0.219 e. The van der Waals surface area contributed by atoms with Gasteiger partial charge in [0.2, 0.25) is 11.8 Å². The first-order chi connectivity index (χ1) is 22.0. The Hall–Kier alpha value is -5.22. The topological polar surface area (TPSA) is 44.2 Å². The second-order valence-electron chi connectivity index (χ2n) is 13.6. The quantitative estimate of drug-likeness (QED) is 0.182. The third kappa shape index (κ3) is 7.02. The monoisotopic (exact) mass is 604 g/mol. The van der Waals surface area contributed by atoms with Gasteiger partial charge >= 0.3 is 0 Å². The van der Waals surface area contributed by atoms with Crippen LogP contribution in [0.3, 0.4) is 0 Å². The van der Waals surface area contributed by atoms with Gasteiger partial charge in [-0.05, 0) is 68.5 Å². The van der Waals surface area contributed by atoms with Gasteiger partial charge < -0.3 is 9.47 Å². The van der Waals surface area contributed by atoms with Crippen LogP contribution in [0.4, 0.5) is 0 Å². The Balaban J connectivity index is 1.44. The van der Waals surface area contributed by atoms with E-state index in [2.05, 4.69) is 112 Å². The van der Waals surface area contributed by atoms with Gasteiger partial charge in [-0.2, -0.15) is 0 Å². The molecule has 0 aliphatic rings. The maximum absolute atomic E-state index is 6.57. The predicted molar refractivity (Wildman–Crippen MR) is 189 cm³/mol. The summed E-state index contributed by atoms with van der Waals surface area (Å²) in [7, 11) is 0. The Bertz CT molecular complexity index is 1810. The predicted octanol–water partition coefficient (Wildman–Crippen LogP) is 11.7. The van der Waals surface area contributed by atoms with Crippen LogP contribution in [-0.4, -0.2) is 9.97 Å². The molecule has 0 saturated carbocycles. The number of benzene rings is 4. The maximum atomic E-state index is 6.57. The van der Waals surface area contributed by atoms with Gasteiger partial charge in [0, 0.05) is 35.7 Å². The number of hydrogen-bond donors (Lipinski definition) is 0. The van der Waals surface area contributed by atoms with Crippen molar-refractivity contribution in [3.05, 3.63) is 145 Å². The molecule has 0 amide bonds. The van der Waals surface area contributed by atoms with Crippen molar-refractivity contribution in [2.45, 2.75) is 52.4 Å². The summed E-state index contributed by atoms with van der Waals surface area (Å²) in [5.41, 5.74) is 8.42. The fourth-order valence-corrected chi connectivity index (χ4v) is 5.37. The van der Waals surface area contributed by atoms with Crippen molar-refractivity contribution in [2.24, 2.45) is 0 Å². The molecule has 4 aromatic carbocycles. The van der Waals surface area contributed by atoms with Crippen LogP contribution in [0.1, 0.15) is 52.7 Å². The third-order valence-corrected chi connectivity index (χ3v) is 8.10. The SMILES string of the molecule is CC(C)(C)c1ccnc(Oc2cc(-c3ccc(-c4ccccc4)c(Oc4cc(C(C)(C)C)ccn4)c3)ccc2-c2ccccc2)c1. The van der Waals surface area contributed by atoms with E-state index in [1.165, 1.54) is 0 Å². The van der Waals surface area contributed by atoms with E-state index in [0.717, 1.165) is 56.0 Å². The van der Waals surface area contributed by atoms with E-state index in [9.17, 15) is 0 Å². The Morgan fingerprint density at radius 3 is 1.17 bits per heavy atom. The molecular weight excluding hydrogens is 564 g/mol. The molecule has 4 nitrogen and oxygen atoms in total. The summed E-state index contributed by atoms with van der Waals surface area (Å²) in [6, 6.07) is 41.4. The zero-order valence-electron chi connectivity index (χ0n) is 27.4. The van der Waals surface area contributed by atoms with Crippen molar-refractivity contribution < 1.29 is 9.47 Å². The second-order valence-corrected chi connectivity index (χ2v) is 13.6. The lowest BCUT2D eigenvalue weighted by atomic mass is 9.88. The molecule has 0 aliphatic carbocycles. The normalized spacial score (nSPS) is 11.7. The second kappa shape index (κ2) is 12.6. The summed E-state index contributed by atoms with van der Waals surface area (Å²) in [6.07, 6.45) is 3.63. The molecule has 0 N–H and O–H groups in total. The van der Waals surface area contributed by atoms with E-state index in [1.807, 2.05) is 73.1 Å². The molecule has 2 aromatic heterocycles. The lowest BCUT2D eigenvalue weighted by Gasteiger charge is -2.20. The Labute approximate surface area is 272 Å². The molecule has 0 bridgehead atoms. The molecule has 46 heavy (non-hydrogen) atoms. The lowest BCUT2D eigenvalue weighted by Crippen LogP contribution is -2.11. The minimum absolute atomic E-state index is 0.0245. The number of rotatable bonds is 7. The van der Waals surface area contributed by atoms with E-state index in [-0.39, 0.29) is 10.8 Å². The molecule has 0 atom stereocenters. The van der Waals surface area contributed by atoms with E-state index in [1.54, 1.807) is 0 Å². The first-order valence-electron chi connectivity index (χ1n) is 15.7. The number of nitrogens with zero attached hydrogens (tertiary/aromatic N) is 2. The Morgan fingerprint density at radius 1 is 0.413 bits per heavy atom. The molecule has 0 saturated heterocycles. The van der Waals surface area contributed by atoms with Gasteiger partial charge in [0.1, 0.15) is 11.5 Å². The van der Waals surface area contributed by atoms with Gasteiger partial charge in [-0.1, -0.05) is 126 Å². The number of pyridine rings is 2. The molecule has 230 valence electrons. The number of aromatic nitrogens is 2. The van der Waals surface area contributed by atoms with Gasteiger partial charge in [0.15, 0.2) is 0 Å². The standard InChI is InChI=1S/C42H40N2O2/c1-41(2,3)33-21-23-43-39(27-33)45-37-25-31(17-19-35(37)29-13-9-7-10-14-29)32-18-20-36(30-15-11-8-12-16-30)38(26-32)46-40-28-34(22-24-44-40)42(4,5)6/h7-28H,1-6H3. The summed E-state index contributed by atoms with van der Waals surface area (Å²) in [5, 5.41) is 0. The van der Waals surface area contributed by atoms with Gasteiger partial charge in [0.05, 0.1) is 0 Å². The first kappa shape index (κ1) is 30.8. The largest absolute Gasteiger partial charge is 0.438 e. The van der Waals surface area contributed by atoms with Crippen LogP contribution >= 0.6 is 0 Å². The van der Waals surface area contributed by atoms with Crippen LogP contribution in [0, 0.1) is 0 Å². The van der Waals surface area contributed by atoms with E-state index in [4.69, 9.17) is 9.47 Å². The first-order valence-corrected chi connectivity index (χ1v) is 15.7. The summed E-state index contributed by atoms with van der Waals surface area (Å²) in [6.45, 7) is 13.1. The summed E-state index contributed by atoms with van der Waals surface area (Å²) >= 11 is 0. The lowest BCUT2D eigenvalue weighted by molar-refractivity contribution is 0.459. The minimum Gasteiger partial charge on any atom is -0.438 e. The van der Waals surface area contributed by atoms with Gasteiger partial charge in [-0.15, -0.1) is 0 Å². The highest BCUT2D eigenvalue weighted by Crippen LogP contribution is 2.41. The van der Waals surface area contributed by atoms with Crippen LogP contribution in [0.25, 0.3) is 33.4 Å². The zero-order valence-corrected chi connectivity index (χ0v) is 27.4. The highest BCUT2D eigenvalue weighted by molar-refractivity contribution is 5.80. The summed E-state index contributed by atoms with van der Waals surface area (Å²) < 4.78 is 13.1. The van der Waals surface area contributed by atoms with Crippen LogP contribution in [0.5, 0.6) is 23.3 Å². The third-order valence-electron chi connectivity index (χ3n) is 8.10. The van der Waals surface area contributed by atoms with Crippen LogP contribution in [0.15, 0.2) is 134 Å². The molecule has 6 aromatic rings. The minimum atomic E-state index is -0.0245. The molecule has 0 aliphatic heterocycles. The number of ether oxygens (including phenoxy) is 2. The van der Waals surface area contributed by atoms with Crippen molar-refractivity contribution in [3.63, 3.8) is 0 Å². The maximum Gasteiger partial charge on any atom is 0.219 e. The zero-order chi connectivity index (χ0) is 32.3. The Kier molecular flexibility index (Phi) is 8.46. The molecular formula is C42H40N2O2. The molecule has 2 heterocycles. The number of hydrogen-bond acceptors (Lipinski definition) is 4. The van der Waals surface area contributed by atoms with Crippen LogP contribution in [0.2, 0.25) is 0 Å². The summed E-state index contributed by atoms with van der Waals surface area (Å²) in [5.74, 6) is 2.60. The van der Waals surface area contributed by atoms with E-state index < -0.39 is 0 Å². The van der Waals surface area contributed by atoms with Crippen molar-refractivity contribution >= 4 is 0 Å². The highest BCUT2D eigenvalue weighted by atomic mass is 16.5. The Morgan fingerprint density at radius 2 is 0.804 bits per heavy atom. The average molecular weight is 605 g/mol. The van der Waals surface area contributed by atoms with Gasteiger partial charge in [-0.25, -0.2) is 9.97 Å². The van der Waals surface area contributed by atoms with Gasteiger partial charge in [0.25, 0.3) is 0 Å². The van der Waals surface area contributed by atoms with Crippen LogP contribution in [-0.2, 0) is 10.8 Å². The fourth-order valence-electron chi connectivity index (χ4n) is 5.37. The molecule has 4 heteroatoms. The molecule has 0 fully saturated rings. The molecule has 0 radical (unpaired) electrons. The van der Waals surface area contributed by atoms with Gasteiger partial charge in [-0.3, -0.25) is 0 Å². The van der Waals surface area contributed by atoms with Crippen molar-refractivity contribution in [1.82, 2.24) is 9.97 Å². The highest BCUT2D eigenvalue weighted by Gasteiger charge is 2.19.